The molecule has 1 fully saturated rings. The number of sulfonamides is 1. The van der Waals surface area contributed by atoms with Crippen LogP contribution in [0, 0.1) is 6.92 Å². The van der Waals surface area contributed by atoms with Crippen LogP contribution in [0.5, 0.6) is 5.75 Å². The summed E-state index contributed by atoms with van der Waals surface area (Å²) < 4.78 is 34.4. The number of benzene rings is 3. The maximum atomic E-state index is 13.8. The number of carbonyl (C=O) groups excluding carboxylic acids is 2. The Balaban J connectivity index is 1.61. The van der Waals surface area contributed by atoms with E-state index in [1.807, 2.05) is 6.92 Å². The van der Waals surface area contributed by atoms with E-state index in [9.17, 15) is 18.0 Å². The average molecular weight is 550 g/mol. The van der Waals surface area contributed by atoms with E-state index in [0.29, 0.717) is 23.6 Å². The van der Waals surface area contributed by atoms with Crippen LogP contribution in [0.15, 0.2) is 77.7 Å². The van der Waals surface area contributed by atoms with Crippen molar-refractivity contribution in [2.45, 2.75) is 56.9 Å². The van der Waals surface area contributed by atoms with E-state index in [1.165, 1.54) is 18.6 Å². The lowest BCUT2D eigenvalue weighted by Gasteiger charge is -2.26. The molecule has 2 amide bonds. The second-order valence-electron chi connectivity index (χ2n) is 9.63. The van der Waals surface area contributed by atoms with Crippen molar-refractivity contribution in [3.8, 4) is 5.75 Å². The van der Waals surface area contributed by atoms with Gasteiger partial charge < -0.3 is 15.4 Å². The summed E-state index contributed by atoms with van der Waals surface area (Å²) in [7, 11) is -4.13. The molecule has 3 aromatic carbocycles. The highest BCUT2D eigenvalue weighted by atomic mass is 32.2. The molecule has 0 aromatic heterocycles. The summed E-state index contributed by atoms with van der Waals surface area (Å²) in [6, 6.07) is 20.0. The second-order valence-corrected chi connectivity index (χ2v) is 11.5. The average Bonchev–Trinajstić information content (AvgIpc) is 2.93. The molecule has 9 heteroatoms. The lowest BCUT2D eigenvalue weighted by atomic mass is 9.95. The van der Waals surface area contributed by atoms with Crippen LogP contribution in [-0.2, 0) is 14.8 Å². The van der Waals surface area contributed by atoms with Gasteiger partial charge >= 0.3 is 0 Å². The first-order valence-corrected chi connectivity index (χ1v) is 14.7. The zero-order chi connectivity index (χ0) is 27.8. The highest BCUT2D eigenvalue weighted by Gasteiger charge is 2.30. The number of rotatable bonds is 10. The third kappa shape index (κ3) is 6.97. The first kappa shape index (κ1) is 28.2. The Morgan fingerprint density at radius 1 is 0.923 bits per heavy atom. The number of carbonyl (C=O) groups is 2. The van der Waals surface area contributed by atoms with E-state index in [4.69, 9.17) is 4.74 Å². The number of nitrogens with zero attached hydrogens (tertiary/aromatic N) is 1. The van der Waals surface area contributed by atoms with Crippen LogP contribution in [0.2, 0.25) is 0 Å². The molecule has 206 valence electrons. The zero-order valence-electron chi connectivity index (χ0n) is 22.4. The molecular formula is C30H35N3O5S. The Morgan fingerprint density at radius 2 is 1.59 bits per heavy atom. The van der Waals surface area contributed by atoms with Crippen LogP contribution in [0.1, 0.15) is 54.9 Å². The van der Waals surface area contributed by atoms with Crippen LogP contribution in [0.25, 0.3) is 0 Å². The quantitative estimate of drug-likeness (QED) is 0.358. The lowest BCUT2D eigenvalue weighted by Crippen LogP contribution is -2.39. The van der Waals surface area contributed by atoms with E-state index in [2.05, 4.69) is 10.6 Å². The number of amides is 2. The van der Waals surface area contributed by atoms with Gasteiger partial charge in [0, 0.05) is 6.04 Å². The Bertz CT molecular complexity index is 1400. The van der Waals surface area contributed by atoms with E-state index in [0.717, 1.165) is 35.6 Å². The van der Waals surface area contributed by atoms with Gasteiger partial charge in [-0.15, -0.1) is 0 Å². The first-order chi connectivity index (χ1) is 18.8. The molecule has 2 N–H and O–H groups in total. The van der Waals surface area contributed by atoms with Crippen molar-refractivity contribution < 1.29 is 22.7 Å². The van der Waals surface area contributed by atoms with Crippen molar-refractivity contribution in [2.75, 3.05) is 22.8 Å². The maximum Gasteiger partial charge on any atom is 0.264 e. The number of aryl methyl sites for hydroxylation is 1. The monoisotopic (exact) mass is 549 g/mol. The molecule has 8 nitrogen and oxygen atoms in total. The van der Waals surface area contributed by atoms with Gasteiger partial charge in [0.05, 0.1) is 28.4 Å². The molecule has 4 rings (SSSR count). The highest BCUT2D eigenvalue weighted by molar-refractivity contribution is 7.92. The fourth-order valence-electron chi connectivity index (χ4n) is 4.70. The van der Waals surface area contributed by atoms with Gasteiger partial charge in [-0.05, 0) is 63.1 Å². The van der Waals surface area contributed by atoms with E-state index in [1.54, 1.807) is 67.6 Å². The summed E-state index contributed by atoms with van der Waals surface area (Å²) in [6.45, 7) is 3.48. The third-order valence-corrected chi connectivity index (χ3v) is 8.49. The zero-order valence-corrected chi connectivity index (χ0v) is 23.2. The van der Waals surface area contributed by atoms with Gasteiger partial charge in [-0.2, -0.15) is 0 Å². The van der Waals surface area contributed by atoms with Crippen molar-refractivity contribution >= 4 is 33.2 Å². The SMILES string of the molecule is CCOc1ccccc1N(CC(=O)Nc1ccccc1C(=O)NC1CCCCC1)S(=O)(=O)c1ccc(C)cc1. The van der Waals surface area contributed by atoms with Gasteiger partial charge in [0.25, 0.3) is 15.9 Å². The predicted molar refractivity (Wildman–Crippen MR) is 153 cm³/mol. The van der Waals surface area contributed by atoms with Gasteiger partial charge in [0.2, 0.25) is 5.91 Å². The fourth-order valence-corrected chi connectivity index (χ4v) is 6.13. The summed E-state index contributed by atoms with van der Waals surface area (Å²) in [5, 5.41) is 5.84. The largest absolute Gasteiger partial charge is 0.492 e. The molecule has 3 aromatic rings. The van der Waals surface area contributed by atoms with E-state index >= 15 is 0 Å². The molecular weight excluding hydrogens is 514 g/mol. The number of ether oxygens (including phenoxy) is 1. The summed E-state index contributed by atoms with van der Waals surface area (Å²) in [5.41, 5.74) is 1.81. The normalized spacial score (nSPS) is 13.9. The van der Waals surface area contributed by atoms with Crippen LogP contribution in [0.4, 0.5) is 11.4 Å². The van der Waals surface area contributed by atoms with Gasteiger partial charge in [-0.25, -0.2) is 8.42 Å². The number of hydrogen-bond donors (Lipinski definition) is 2. The Hall–Kier alpha value is -3.85. The molecule has 1 aliphatic carbocycles. The Morgan fingerprint density at radius 3 is 2.31 bits per heavy atom. The summed E-state index contributed by atoms with van der Waals surface area (Å²) in [5.74, 6) is -0.505. The molecule has 0 heterocycles. The molecule has 0 unspecified atom stereocenters. The molecule has 1 saturated carbocycles. The number of anilines is 2. The minimum Gasteiger partial charge on any atom is -0.492 e. The minimum atomic E-state index is -4.13. The number of para-hydroxylation sites is 3. The van der Waals surface area contributed by atoms with Crippen LogP contribution >= 0.6 is 0 Å². The van der Waals surface area contributed by atoms with Gasteiger partial charge in [-0.1, -0.05) is 61.2 Å². The smallest absolute Gasteiger partial charge is 0.264 e. The van der Waals surface area contributed by atoms with Crippen LogP contribution in [-0.4, -0.2) is 39.4 Å². The lowest BCUT2D eigenvalue weighted by molar-refractivity contribution is -0.114. The summed E-state index contributed by atoms with van der Waals surface area (Å²) >= 11 is 0. The molecule has 0 bridgehead atoms. The molecule has 1 aliphatic rings. The van der Waals surface area contributed by atoms with Gasteiger partial charge in [0.1, 0.15) is 12.3 Å². The highest BCUT2D eigenvalue weighted by Crippen LogP contribution is 2.33. The fraction of sp³-hybridized carbons (Fsp3) is 0.333. The predicted octanol–water partition coefficient (Wildman–Crippen LogP) is 5.29. The van der Waals surface area contributed by atoms with E-state index in [-0.39, 0.29) is 22.5 Å². The summed E-state index contributed by atoms with van der Waals surface area (Å²) in [4.78, 5) is 26.5. The van der Waals surface area contributed by atoms with Crippen LogP contribution in [0.3, 0.4) is 0 Å². The number of nitrogens with one attached hydrogen (secondary N) is 2. The van der Waals surface area contributed by atoms with Gasteiger partial charge in [-0.3, -0.25) is 13.9 Å². The van der Waals surface area contributed by atoms with Crippen LogP contribution < -0.4 is 19.7 Å². The maximum absolute atomic E-state index is 13.8. The molecule has 0 aliphatic heterocycles. The van der Waals surface area contributed by atoms with Crippen molar-refractivity contribution in [1.29, 1.82) is 0 Å². The van der Waals surface area contributed by atoms with Crippen molar-refractivity contribution in [3.63, 3.8) is 0 Å². The van der Waals surface area contributed by atoms with Crippen molar-refractivity contribution in [2.24, 2.45) is 0 Å². The molecule has 0 radical (unpaired) electrons. The third-order valence-electron chi connectivity index (χ3n) is 6.72. The molecule has 0 atom stereocenters. The Labute approximate surface area is 230 Å². The minimum absolute atomic E-state index is 0.0551. The topological polar surface area (TPSA) is 105 Å². The molecule has 39 heavy (non-hydrogen) atoms. The Kier molecular flexibility index (Phi) is 9.24. The second kappa shape index (κ2) is 12.8. The molecule has 0 spiro atoms. The standard InChI is InChI=1S/C30H35N3O5S/c1-3-38-28-16-10-9-15-27(28)33(39(36,37)24-19-17-22(2)18-20-24)21-29(34)32-26-14-8-7-13-25(26)30(35)31-23-11-5-4-6-12-23/h7-10,13-20,23H,3-6,11-12,21H2,1-2H3,(H,31,35)(H,32,34). The van der Waals surface area contributed by atoms with E-state index < -0.39 is 22.5 Å². The van der Waals surface area contributed by atoms with Crippen molar-refractivity contribution in [1.82, 2.24) is 5.32 Å². The molecule has 0 saturated heterocycles. The number of hydrogen-bond acceptors (Lipinski definition) is 5. The summed E-state index contributed by atoms with van der Waals surface area (Å²) in [6.07, 6.45) is 5.21. The van der Waals surface area contributed by atoms with Gasteiger partial charge in [0.15, 0.2) is 0 Å². The first-order valence-electron chi connectivity index (χ1n) is 13.3. The van der Waals surface area contributed by atoms with Crippen molar-refractivity contribution in [3.05, 3.63) is 83.9 Å².